The van der Waals surface area contributed by atoms with Crippen molar-refractivity contribution in [2.45, 2.75) is 60.1 Å². The number of aromatic nitrogens is 2. The molecule has 0 fully saturated rings. The standard InChI is InChI=1S/C15H27N3O/c1-10(19)7-15(5,6)9-17-11(2)14-8-16-13(4)18-12(14)3/h8,10-11,17,19H,7,9H2,1-6H3. The van der Waals surface area contributed by atoms with Crippen molar-refractivity contribution in [3.63, 3.8) is 0 Å². The molecular formula is C15H27N3O. The van der Waals surface area contributed by atoms with Gasteiger partial charge in [0.2, 0.25) is 0 Å². The van der Waals surface area contributed by atoms with Crippen LogP contribution in [0.25, 0.3) is 0 Å². The first-order chi connectivity index (χ1) is 8.71. The topological polar surface area (TPSA) is 58.0 Å². The lowest BCUT2D eigenvalue weighted by Crippen LogP contribution is -2.33. The molecule has 4 heteroatoms. The first-order valence-corrected chi connectivity index (χ1v) is 6.93. The van der Waals surface area contributed by atoms with Crippen molar-refractivity contribution in [3.05, 3.63) is 23.3 Å². The second-order valence-electron chi connectivity index (χ2n) is 6.28. The molecule has 2 unspecified atom stereocenters. The maximum absolute atomic E-state index is 9.50. The average Bonchev–Trinajstić information content (AvgIpc) is 2.24. The molecule has 1 aromatic heterocycles. The molecule has 4 nitrogen and oxygen atoms in total. The number of nitrogens with zero attached hydrogens (tertiary/aromatic N) is 2. The van der Waals surface area contributed by atoms with Crippen LogP contribution in [0.1, 0.15) is 57.2 Å². The summed E-state index contributed by atoms with van der Waals surface area (Å²) in [4.78, 5) is 8.66. The van der Waals surface area contributed by atoms with Crippen molar-refractivity contribution in [2.75, 3.05) is 6.54 Å². The summed E-state index contributed by atoms with van der Waals surface area (Å²) in [6, 6.07) is 0.217. The van der Waals surface area contributed by atoms with Gasteiger partial charge in [0, 0.05) is 30.0 Å². The van der Waals surface area contributed by atoms with Crippen LogP contribution in [0.2, 0.25) is 0 Å². The van der Waals surface area contributed by atoms with Crippen LogP contribution in [0.15, 0.2) is 6.20 Å². The molecule has 0 aliphatic heterocycles. The Bertz CT molecular complexity index is 416. The maximum Gasteiger partial charge on any atom is 0.125 e. The van der Waals surface area contributed by atoms with Gasteiger partial charge in [-0.1, -0.05) is 13.8 Å². The molecule has 0 saturated carbocycles. The fourth-order valence-electron chi connectivity index (χ4n) is 2.43. The minimum Gasteiger partial charge on any atom is -0.393 e. The third-order valence-corrected chi connectivity index (χ3v) is 3.34. The fraction of sp³-hybridized carbons (Fsp3) is 0.733. The van der Waals surface area contributed by atoms with E-state index in [2.05, 4.69) is 36.1 Å². The summed E-state index contributed by atoms with van der Waals surface area (Å²) < 4.78 is 0. The summed E-state index contributed by atoms with van der Waals surface area (Å²) in [5.41, 5.74) is 2.24. The van der Waals surface area contributed by atoms with E-state index >= 15 is 0 Å². The number of aliphatic hydroxyl groups is 1. The van der Waals surface area contributed by atoms with Crippen molar-refractivity contribution >= 4 is 0 Å². The molecule has 2 N–H and O–H groups in total. The number of aryl methyl sites for hydroxylation is 2. The quantitative estimate of drug-likeness (QED) is 0.830. The van der Waals surface area contributed by atoms with Gasteiger partial charge in [0.15, 0.2) is 0 Å². The summed E-state index contributed by atoms with van der Waals surface area (Å²) in [5.74, 6) is 0.808. The van der Waals surface area contributed by atoms with E-state index in [4.69, 9.17) is 0 Å². The second-order valence-corrected chi connectivity index (χ2v) is 6.28. The summed E-state index contributed by atoms with van der Waals surface area (Å²) in [6.45, 7) is 13.1. The maximum atomic E-state index is 9.50. The van der Waals surface area contributed by atoms with E-state index in [0.717, 1.165) is 30.0 Å². The molecule has 0 aromatic carbocycles. The Kier molecular flexibility index (Phi) is 5.44. The Morgan fingerprint density at radius 2 is 1.95 bits per heavy atom. The molecule has 0 bridgehead atoms. The molecule has 108 valence electrons. The lowest BCUT2D eigenvalue weighted by molar-refractivity contribution is 0.127. The van der Waals surface area contributed by atoms with Crippen LogP contribution in [0.5, 0.6) is 0 Å². The first kappa shape index (κ1) is 16.1. The summed E-state index contributed by atoms with van der Waals surface area (Å²) in [5, 5.41) is 13.0. The van der Waals surface area contributed by atoms with E-state index in [1.807, 2.05) is 27.0 Å². The highest BCUT2D eigenvalue weighted by Gasteiger charge is 2.21. The number of hydrogen-bond acceptors (Lipinski definition) is 4. The van der Waals surface area contributed by atoms with Crippen molar-refractivity contribution in [1.29, 1.82) is 0 Å². The Hall–Kier alpha value is -1.00. The average molecular weight is 265 g/mol. The fourth-order valence-corrected chi connectivity index (χ4v) is 2.43. The van der Waals surface area contributed by atoms with Gasteiger partial charge in [-0.3, -0.25) is 0 Å². The third-order valence-electron chi connectivity index (χ3n) is 3.34. The molecule has 0 saturated heterocycles. The van der Waals surface area contributed by atoms with E-state index in [1.165, 1.54) is 0 Å². The van der Waals surface area contributed by atoms with E-state index < -0.39 is 0 Å². The van der Waals surface area contributed by atoms with Crippen LogP contribution in [0, 0.1) is 19.3 Å². The minimum absolute atomic E-state index is 0.0713. The summed E-state index contributed by atoms with van der Waals surface area (Å²) >= 11 is 0. The highest BCUT2D eigenvalue weighted by atomic mass is 16.3. The monoisotopic (exact) mass is 265 g/mol. The zero-order chi connectivity index (χ0) is 14.6. The molecule has 1 heterocycles. The molecule has 0 aliphatic rings. The van der Waals surface area contributed by atoms with Gasteiger partial charge in [-0.25, -0.2) is 9.97 Å². The first-order valence-electron chi connectivity index (χ1n) is 6.93. The largest absolute Gasteiger partial charge is 0.393 e. The SMILES string of the molecule is Cc1ncc(C(C)NCC(C)(C)CC(C)O)c(C)n1. The highest BCUT2D eigenvalue weighted by Crippen LogP contribution is 2.23. The van der Waals surface area contributed by atoms with E-state index in [0.29, 0.717) is 0 Å². The Balaban J connectivity index is 2.62. The van der Waals surface area contributed by atoms with Gasteiger partial charge in [-0.05, 0) is 39.5 Å². The van der Waals surface area contributed by atoms with Crippen LogP contribution in [-0.2, 0) is 0 Å². The lowest BCUT2D eigenvalue weighted by atomic mass is 9.86. The van der Waals surface area contributed by atoms with Gasteiger partial charge in [0.05, 0.1) is 6.10 Å². The van der Waals surface area contributed by atoms with Gasteiger partial charge >= 0.3 is 0 Å². The number of nitrogens with one attached hydrogen (secondary N) is 1. The molecule has 0 spiro atoms. The second kappa shape index (κ2) is 6.44. The third kappa shape index (κ3) is 5.25. The molecule has 0 aliphatic carbocycles. The molecule has 2 atom stereocenters. The molecule has 0 radical (unpaired) electrons. The number of rotatable bonds is 6. The number of aliphatic hydroxyl groups excluding tert-OH is 1. The molecule has 19 heavy (non-hydrogen) atoms. The normalized spacial score (nSPS) is 15.3. The highest BCUT2D eigenvalue weighted by molar-refractivity contribution is 5.19. The summed E-state index contributed by atoms with van der Waals surface area (Å²) in [6.07, 6.45) is 2.42. The van der Waals surface area contributed by atoms with Crippen LogP contribution in [0.4, 0.5) is 0 Å². The Morgan fingerprint density at radius 1 is 1.32 bits per heavy atom. The minimum atomic E-state index is -0.267. The number of hydrogen-bond donors (Lipinski definition) is 2. The van der Waals surface area contributed by atoms with Crippen molar-refractivity contribution in [1.82, 2.24) is 15.3 Å². The predicted molar refractivity (Wildman–Crippen MR) is 78.0 cm³/mol. The zero-order valence-electron chi connectivity index (χ0n) is 13.0. The lowest BCUT2D eigenvalue weighted by Gasteiger charge is -2.28. The molecule has 1 aromatic rings. The zero-order valence-corrected chi connectivity index (χ0v) is 13.0. The van der Waals surface area contributed by atoms with E-state index in [1.54, 1.807) is 0 Å². The van der Waals surface area contributed by atoms with Crippen LogP contribution >= 0.6 is 0 Å². The van der Waals surface area contributed by atoms with Gasteiger partial charge in [-0.2, -0.15) is 0 Å². The predicted octanol–water partition coefficient (Wildman–Crippen LogP) is 2.54. The summed E-state index contributed by atoms with van der Waals surface area (Å²) in [7, 11) is 0. The van der Waals surface area contributed by atoms with Crippen LogP contribution in [0.3, 0.4) is 0 Å². The van der Waals surface area contributed by atoms with Crippen LogP contribution in [-0.4, -0.2) is 27.7 Å². The van der Waals surface area contributed by atoms with Gasteiger partial charge in [-0.15, -0.1) is 0 Å². The Morgan fingerprint density at radius 3 is 2.47 bits per heavy atom. The van der Waals surface area contributed by atoms with Crippen molar-refractivity contribution in [2.24, 2.45) is 5.41 Å². The van der Waals surface area contributed by atoms with Gasteiger partial charge < -0.3 is 10.4 Å². The van der Waals surface area contributed by atoms with Crippen molar-refractivity contribution in [3.8, 4) is 0 Å². The van der Waals surface area contributed by atoms with E-state index in [-0.39, 0.29) is 17.6 Å². The van der Waals surface area contributed by atoms with Crippen molar-refractivity contribution < 1.29 is 5.11 Å². The Labute approximate surface area is 116 Å². The van der Waals surface area contributed by atoms with E-state index in [9.17, 15) is 5.11 Å². The van der Waals surface area contributed by atoms with Crippen LogP contribution < -0.4 is 5.32 Å². The molecular weight excluding hydrogens is 238 g/mol. The molecule has 0 amide bonds. The van der Waals surface area contributed by atoms with Gasteiger partial charge in [0.1, 0.15) is 5.82 Å². The smallest absolute Gasteiger partial charge is 0.125 e. The molecule has 1 rings (SSSR count). The van der Waals surface area contributed by atoms with Gasteiger partial charge in [0.25, 0.3) is 0 Å².